The fourth-order valence-corrected chi connectivity index (χ4v) is 2.94. The van der Waals surface area contributed by atoms with Gasteiger partial charge in [-0.2, -0.15) is 0 Å². The Bertz CT molecular complexity index is 465. The van der Waals surface area contributed by atoms with Crippen LogP contribution >= 0.6 is 23.2 Å². The quantitative estimate of drug-likeness (QED) is 0.883. The van der Waals surface area contributed by atoms with Gasteiger partial charge in [-0.15, -0.1) is 0 Å². The van der Waals surface area contributed by atoms with Gasteiger partial charge in [-0.05, 0) is 38.0 Å². The molecule has 0 aromatic heterocycles. The highest BCUT2D eigenvalue weighted by Gasteiger charge is 2.32. The van der Waals surface area contributed by atoms with Gasteiger partial charge in [0.15, 0.2) is 5.79 Å². The van der Waals surface area contributed by atoms with Crippen LogP contribution in [0.5, 0.6) is 0 Å². The molecule has 1 N–H and O–H groups in total. The Kier molecular flexibility index (Phi) is 5.32. The maximum atomic E-state index is 6.26. The summed E-state index contributed by atoms with van der Waals surface area (Å²) in [5.74, 6) is -0.480. The van der Waals surface area contributed by atoms with Crippen LogP contribution in [0.1, 0.15) is 38.8 Å². The Morgan fingerprint density at radius 1 is 1.40 bits per heavy atom. The molecule has 1 aliphatic rings. The van der Waals surface area contributed by atoms with E-state index >= 15 is 0 Å². The molecule has 5 heteroatoms. The molecule has 1 aromatic rings. The fourth-order valence-electron chi connectivity index (χ4n) is 2.40. The first-order valence-corrected chi connectivity index (χ1v) is 7.67. The Hall–Kier alpha value is -0.320. The van der Waals surface area contributed by atoms with E-state index < -0.39 is 5.79 Å². The van der Waals surface area contributed by atoms with Crippen LogP contribution in [-0.4, -0.2) is 25.0 Å². The lowest BCUT2D eigenvalue weighted by atomic mass is 10.0. The molecular weight excluding hydrogens is 297 g/mol. The topological polar surface area (TPSA) is 30.5 Å². The van der Waals surface area contributed by atoms with E-state index in [0.717, 1.165) is 18.5 Å². The number of hydrogen-bond donors (Lipinski definition) is 1. The molecule has 2 unspecified atom stereocenters. The van der Waals surface area contributed by atoms with Gasteiger partial charge < -0.3 is 14.8 Å². The molecule has 1 fully saturated rings. The molecule has 1 saturated heterocycles. The number of benzene rings is 1. The van der Waals surface area contributed by atoms with Crippen LogP contribution in [0.4, 0.5) is 0 Å². The Balaban J connectivity index is 1.96. The van der Waals surface area contributed by atoms with Gasteiger partial charge in [0.1, 0.15) is 0 Å². The molecule has 1 aromatic carbocycles. The molecule has 2 rings (SSSR count). The lowest BCUT2D eigenvalue weighted by Crippen LogP contribution is -2.33. The summed E-state index contributed by atoms with van der Waals surface area (Å²) in [6, 6.07) is 5.81. The van der Waals surface area contributed by atoms with Crippen LogP contribution in [0.25, 0.3) is 0 Å². The third kappa shape index (κ3) is 4.09. The van der Waals surface area contributed by atoms with Crippen molar-refractivity contribution in [2.45, 2.75) is 45.1 Å². The van der Waals surface area contributed by atoms with Crippen LogP contribution in [0.3, 0.4) is 0 Å². The predicted molar refractivity (Wildman–Crippen MR) is 82.4 cm³/mol. The maximum absolute atomic E-state index is 6.26. The van der Waals surface area contributed by atoms with Gasteiger partial charge in [-0.1, -0.05) is 36.2 Å². The van der Waals surface area contributed by atoms with Gasteiger partial charge >= 0.3 is 0 Å². The molecule has 1 aliphatic heterocycles. The summed E-state index contributed by atoms with van der Waals surface area (Å²) < 4.78 is 11.3. The van der Waals surface area contributed by atoms with Crippen LogP contribution in [0.2, 0.25) is 10.0 Å². The first-order chi connectivity index (χ1) is 9.41. The van der Waals surface area contributed by atoms with Crippen molar-refractivity contribution in [2.75, 3.05) is 13.2 Å². The van der Waals surface area contributed by atoms with Crippen molar-refractivity contribution in [1.82, 2.24) is 5.32 Å². The van der Waals surface area contributed by atoms with E-state index in [0.29, 0.717) is 16.7 Å². The summed E-state index contributed by atoms with van der Waals surface area (Å²) >= 11 is 12.2. The van der Waals surface area contributed by atoms with Crippen molar-refractivity contribution >= 4 is 23.2 Å². The van der Waals surface area contributed by atoms with E-state index in [2.05, 4.69) is 12.2 Å². The van der Waals surface area contributed by atoms with Gasteiger partial charge in [0.25, 0.3) is 0 Å². The van der Waals surface area contributed by atoms with Crippen LogP contribution in [-0.2, 0) is 9.47 Å². The number of rotatable bonds is 5. The average molecular weight is 318 g/mol. The molecule has 0 radical (unpaired) electrons. The number of hydrogen-bond acceptors (Lipinski definition) is 3. The molecule has 1 heterocycles. The molecule has 0 spiro atoms. The number of halogens is 2. The van der Waals surface area contributed by atoms with Gasteiger partial charge in [0.05, 0.1) is 12.7 Å². The molecule has 0 bridgehead atoms. The van der Waals surface area contributed by atoms with Gasteiger partial charge in [0.2, 0.25) is 0 Å². The van der Waals surface area contributed by atoms with Crippen LogP contribution < -0.4 is 5.32 Å². The summed E-state index contributed by atoms with van der Waals surface area (Å²) in [7, 11) is 0. The zero-order chi connectivity index (χ0) is 14.8. The first-order valence-electron chi connectivity index (χ1n) is 6.91. The lowest BCUT2D eigenvalue weighted by molar-refractivity contribution is -0.137. The molecular formula is C15H21Cl2NO2. The van der Waals surface area contributed by atoms with Crippen LogP contribution in [0.15, 0.2) is 18.2 Å². The molecule has 20 heavy (non-hydrogen) atoms. The van der Waals surface area contributed by atoms with E-state index in [1.807, 2.05) is 26.0 Å². The van der Waals surface area contributed by atoms with E-state index in [-0.39, 0.29) is 12.1 Å². The highest BCUT2D eigenvalue weighted by molar-refractivity contribution is 6.35. The normalized spacial score (nSPS) is 22.9. The largest absolute Gasteiger partial charge is 0.348 e. The molecule has 2 atom stereocenters. The molecule has 0 saturated carbocycles. The molecule has 3 nitrogen and oxygen atoms in total. The predicted octanol–water partition coefficient (Wildman–Crippen LogP) is 4.19. The van der Waals surface area contributed by atoms with Crippen molar-refractivity contribution in [3.05, 3.63) is 33.8 Å². The van der Waals surface area contributed by atoms with E-state index in [1.54, 1.807) is 6.07 Å². The first kappa shape index (κ1) is 16.1. The Morgan fingerprint density at radius 3 is 2.70 bits per heavy atom. The SMILES string of the molecule is CCC(NCC1COC(C)(C)O1)c1ccc(Cl)cc1Cl. The van der Waals surface area contributed by atoms with Crippen molar-refractivity contribution in [3.8, 4) is 0 Å². The highest BCUT2D eigenvalue weighted by Crippen LogP contribution is 2.28. The molecule has 0 amide bonds. The summed E-state index contributed by atoms with van der Waals surface area (Å²) in [6.07, 6.45) is 1.02. The van der Waals surface area contributed by atoms with Gasteiger partial charge in [0, 0.05) is 22.6 Å². The van der Waals surface area contributed by atoms with Crippen molar-refractivity contribution in [2.24, 2.45) is 0 Å². The minimum Gasteiger partial charge on any atom is -0.348 e. The van der Waals surface area contributed by atoms with E-state index in [9.17, 15) is 0 Å². The Morgan fingerprint density at radius 2 is 2.15 bits per heavy atom. The highest BCUT2D eigenvalue weighted by atomic mass is 35.5. The second-order valence-electron chi connectivity index (χ2n) is 5.49. The minimum absolute atomic E-state index is 0.0742. The second kappa shape index (κ2) is 6.63. The monoisotopic (exact) mass is 317 g/mol. The number of ether oxygens (including phenoxy) is 2. The summed E-state index contributed by atoms with van der Waals surface area (Å²) in [5.41, 5.74) is 1.07. The van der Waals surface area contributed by atoms with Gasteiger partial charge in [-0.3, -0.25) is 0 Å². The minimum atomic E-state index is -0.480. The standard InChI is InChI=1S/C15H21Cl2NO2/c1-4-14(12-6-5-10(16)7-13(12)17)18-8-11-9-19-15(2,3)20-11/h5-7,11,14,18H,4,8-9H2,1-3H3. The summed E-state index contributed by atoms with van der Waals surface area (Å²) in [6.45, 7) is 7.34. The summed E-state index contributed by atoms with van der Waals surface area (Å²) in [5, 5.41) is 4.84. The van der Waals surface area contributed by atoms with E-state index in [4.69, 9.17) is 32.7 Å². The molecule has 0 aliphatic carbocycles. The van der Waals surface area contributed by atoms with E-state index in [1.165, 1.54) is 0 Å². The van der Waals surface area contributed by atoms with Crippen molar-refractivity contribution in [3.63, 3.8) is 0 Å². The fraction of sp³-hybridized carbons (Fsp3) is 0.600. The van der Waals surface area contributed by atoms with Crippen molar-refractivity contribution < 1.29 is 9.47 Å². The summed E-state index contributed by atoms with van der Waals surface area (Å²) in [4.78, 5) is 0. The third-order valence-electron chi connectivity index (χ3n) is 3.41. The third-order valence-corrected chi connectivity index (χ3v) is 3.97. The molecule has 112 valence electrons. The van der Waals surface area contributed by atoms with Crippen LogP contribution in [0, 0.1) is 0 Å². The number of nitrogens with one attached hydrogen (secondary N) is 1. The average Bonchev–Trinajstić information content (AvgIpc) is 2.72. The lowest BCUT2D eigenvalue weighted by Gasteiger charge is -2.22. The zero-order valence-electron chi connectivity index (χ0n) is 12.1. The van der Waals surface area contributed by atoms with Crippen molar-refractivity contribution in [1.29, 1.82) is 0 Å². The zero-order valence-corrected chi connectivity index (χ0v) is 13.6. The van der Waals surface area contributed by atoms with Gasteiger partial charge in [-0.25, -0.2) is 0 Å². The maximum Gasteiger partial charge on any atom is 0.163 e. The Labute approximate surface area is 130 Å². The second-order valence-corrected chi connectivity index (χ2v) is 6.33. The smallest absolute Gasteiger partial charge is 0.163 e.